The first-order chi connectivity index (χ1) is 11.0. The molecule has 1 aromatic carbocycles. The average molecular weight is 354 g/mol. The summed E-state index contributed by atoms with van der Waals surface area (Å²) in [5.41, 5.74) is -4.99. The molecule has 1 heterocycles. The van der Waals surface area contributed by atoms with Gasteiger partial charge in [0.05, 0.1) is 16.8 Å². The molecule has 0 aliphatic carbocycles. The van der Waals surface area contributed by atoms with Crippen molar-refractivity contribution < 1.29 is 31.1 Å². The molecular formula is C13H8F6N2O3. The zero-order valence-electron chi connectivity index (χ0n) is 11.5. The largest absolute Gasteiger partial charge is 0.487 e. The highest BCUT2D eigenvalue weighted by Gasteiger charge is 2.37. The highest BCUT2D eigenvalue weighted by molar-refractivity contribution is 5.37. The van der Waals surface area contributed by atoms with E-state index in [2.05, 4.69) is 5.10 Å². The smallest absolute Gasteiger partial charge is 0.416 e. The van der Waals surface area contributed by atoms with Crippen LogP contribution < -0.4 is 15.7 Å². The van der Waals surface area contributed by atoms with Crippen LogP contribution in [0.1, 0.15) is 16.8 Å². The summed E-state index contributed by atoms with van der Waals surface area (Å²) in [5.74, 6) is -0.691. The summed E-state index contributed by atoms with van der Waals surface area (Å²) in [6.45, 7) is -0.551. The number of hydrogen-bond acceptors (Lipinski definition) is 3. The van der Waals surface area contributed by atoms with Crippen molar-refractivity contribution in [2.24, 2.45) is 0 Å². The first-order valence-corrected chi connectivity index (χ1v) is 6.20. The Bertz CT molecular complexity index is 818. The van der Waals surface area contributed by atoms with Gasteiger partial charge in [0.2, 0.25) is 5.43 Å². The van der Waals surface area contributed by atoms with E-state index in [1.165, 1.54) is 0 Å². The van der Waals surface area contributed by atoms with Gasteiger partial charge in [-0.15, -0.1) is 0 Å². The second-order valence-electron chi connectivity index (χ2n) is 4.64. The molecule has 0 fully saturated rings. The Kier molecular flexibility index (Phi) is 4.45. The molecule has 0 aliphatic heterocycles. The summed E-state index contributed by atoms with van der Waals surface area (Å²) in [7, 11) is 0. The van der Waals surface area contributed by atoms with Crippen LogP contribution in [0.3, 0.4) is 0 Å². The third-order valence-corrected chi connectivity index (χ3v) is 2.82. The minimum absolute atomic E-state index is 0.0330. The Labute approximate surface area is 128 Å². The van der Waals surface area contributed by atoms with E-state index in [9.17, 15) is 35.9 Å². The molecule has 0 atom stereocenters. The fraction of sp³-hybridized carbons (Fsp3) is 0.231. The van der Waals surface area contributed by atoms with Gasteiger partial charge in [-0.2, -0.15) is 26.3 Å². The zero-order valence-corrected chi connectivity index (χ0v) is 11.5. The monoisotopic (exact) mass is 354 g/mol. The van der Waals surface area contributed by atoms with Crippen LogP contribution in [0.15, 0.2) is 33.9 Å². The Morgan fingerprint density at radius 3 is 1.83 bits per heavy atom. The van der Waals surface area contributed by atoms with E-state index in [4.69, 9.17) is 4.74 Å². The average Bonchev–Trinajstić information content (AvgIpc) is 2.46. The molecule has 0 aliphatic rings. The summed E-state index contributed by atoms with van der Waals surface area (Å²) in [4.78, 5) is 22.0. The van der Waals surface area contributed by atoms with Crippen LogP contribution in [0, 0.1) is 0 Å². The molecule has 0 bridgehead atoms. The molecule has 5 nitrogen and oxygen atoms in total. The van der Waals surface area contributed by atoms with Crippen molar-refractivity contribution in [3.05, 3.63) is 61.7 Å². The molecule has 0 amide bonds. The van der Waals surface area contributed by atoms with Crippen LogP contribution in [0.2, 0.25) is 0 Å². The maximum absolute atomic E-state index is 12.7. The van der Waals surface area contributed by atoms with E-state index in [0.717, 1.165) is 6.07 Å². The molecule has 0 spiro atoms. The van der Waals surface area contributed by atoms with Crippen LogP contribution in [-0.2, 0) is 19.0 Å². The SMILES string of the molecule is O=c1cc(COc2cc(C(F)(F)F)cc(C(F)(F)F)c2)[nH][nH]c1=O. The predicted octanol–water partition coefficient (Wildman–Crippen LogP) is 2.68. The molecule has 2 N–H and O–H groups in total. The number of aromatic amines is 2. The number of benzene rings is 1. The quantitative estimate of drug-likeness (QED) is 0.657. The van der Waals surface area contributed by atoms with Gasteiger partial charge in [0.1, 0.15) is 12.4 Å². The van der Waals surface area contributed by atoms with Crippen molar-refractivity contribution in [3.8, 4) is 5.75 Å². The van der Waals surface area contributed by atoms with Gasteiger partial charge in [0.25, 0.3) is 0 Å². The van der Waals surface area contributed by atoms with Crippen molar-refractivity contribution in [3.63, 3.8) is 0 Å². The molecule has 2 rings (SSSR count). The van der Waals surface area contributed by atoms with E-state index in [1.807, 2.05) is 5.10 Å². The van der Waals surface area contributed by atoms with Crippen molar-refractivity contribution in [1.29, 1.82) is 0 Å². The highest BCUT2D eigenvalue weighted by Crippen LogP contribution is 2.38. The van der Waals surface area contributed by atoms with E-state index in [-0.39, 0.29) is 11.8 Å². The lowest BCUT2D eigenvalue weighted by Gasteiger charge is -2.14. The third kappa shape index (κ3) is 4.18. The molecule has 1 aromatic heterocycles. The van der Waals surface area contributed by atoms with Gasteiger partial charge in [0, 0.05) is 6.07 Å². The van der Waals surface area contributed by atoms with Gasteiger partial charge in [-0.1, -0.05) is 0 Å². The topological polar surface area (TPSA) is 75.0 Å². The van der Waals surface area contributed by atoms with E-state index >= 15 is 0 Å². The molecule has 0 saturated heterocycles. The predicted molar refractivity (Wildman–Crippen MR) is 68.5 cm³/mol. The Balaban J connectivity index is 2.33. The third-order valence-electron chi connectivity index (χ3n) is 2.82. The number of H-pyrrole nitrogens is 2. The standard InChI is InChI=1S/C13H8F6N2O3/c14-12(15,16)6-1-7(13(17,18)19)3-9(2-6)24-5-8-4-10(22)11(23)21-20-8/h1-4H,5H2,(H,20,22)(H,21,23). The summed E-state index contributed by atoms with van der Waals surface area (Å²) >= 11 is 0. The number of nitrogens with one attached hydrogen (secondary N) is 2. The van der Waals surface area contributed by atoms with Gasteiger partial charge in [0.15, 0.2) is 0 Å². The van der Waals surface area contributed by atoms with Gasteiger partial charge < -0.3 is 4.74 Å². The van der Waals surface area contributed by atoms with Gasteiger partial charge >= 0.3 is 17.9 Å². The van der Waals surface area contributed by atoms with Gasteiger partial charge in [-0.05, 0) is 18.2 Å². The normalized spacial score (nSPS) is 12.2. The number of hydrogen-bond donors (Lipinski definition) is 2. The van der Waals surface area contributed by atoms with Crippen LogP contribution in [0.25, 0.3) is 0 Å². The second kappa shape index (κ2) is 6.06. The zero-order chi connectivity index (χ0) is 18.1. The highest BCUT2D eigenvalue weighted by atomic mass is 19.4. The summed E-state index contributed by atoms with van der Waals surface area (Å²) in [6.07, 6.45) is -9.99. The van der Waals surface area contributed by atoms with Crippen molar-refractivity contribution in [2.75, 3.05) is 0 Å². The van der Waals surface area contributed by atoms with E-state index in [1.54, 1.807) is 0 Å². The van der Waals surface area contributed by atoms with E-state index < -0.39 is 46.8 Å². The second-order valence-corrected chi connectivity index (χ2v) is 4.64. The van der Waals surface area contributed by atoms with Crippen LogP contribution in [-0.4, -0.2) is 10.2 Å². The van der Waals surface area contributed by atoms with Crippen molar-refractivity contribution >= 4 is 0 Å². The fourth-order valence-corrected chi connectivity index (χ4v) is 1.71. The Morgan fingerprint density at radius 1 is 0.833 bits per heavy atom. The van der Waals surface area contributed by atoms with Crippen LogP contribution in [0.4, 0.5) is 26.3 Å². The number of halogens is 6. The van der Waals surface area contributed by atoms with Crippen molar-refractivity contribution in [2.45, 2.75) is 19.0 Å². The van der Waals surface area contributed by atoms with Crippen molar-refractivity contribution in [1.82, 2.24) is 10.2 Å². The summed E-state index contributed by atoms with van der Waals surface area (Å²) < 4.78 is 81.0. The molecule has 24 heavy (non-hydrogen) atoms. The molecule has 0 saturated carbocycles. The number of rotatable bonds is 3. The fourth-order valence-electron chi connectivity index (χ4n) is 1.71. The minimum atomic E-state index is -4.99. The van der Waals surface area contributed by atoms with Gasteiger partial charge in [-0.3, -0.25) is 19.8 Å². The lowest BCUT2D eigenvalue weighted by Crippen LogP contribution is -2.28. The summed E-state index contributed by atoms with van der Waals surface area (Å²) in [5, 5.41) is 4.17. The maximum atomic E-state index is 12.7. The molecule has 11 heteroatoms. The molecule has 0 unspecified atom stereocenters. The number of ether oxygens (including phenoxy) is 1. The Hall–Kier alpha value is -2.72. The van der Waals surface area contributed by atoms with Gasteiger partial charge in [-0.25, -0.2) is 0 Å². The lowest BCUT2D eigenvalue weighted by atomic mass is 10.1. The minimum Gasteiger partial charge on any atom is -0.487 e. The lowest BCUT2D eigenvalue weighted by molar-refractivity contribution is -0.143. The molecule has 0 radical (unpaired) electrons. The van der Waals surface area contributed by atoms with E-state index in [0.29, 0.717) is 12.1 Å². The maximum Gasteiger partial charge on any atom is 0.416 e. The van der Waals surface area contributed by atoms with Crippen LogP contribution >= 0.6 is 0 Å². The molecule has 2 aromatic rings. The number of aromatic nitrogens is 2. The van der Waals surface area contributed by atoms with Crippen LogP contribution in [0.5, 0.6) is 5.75 Å². The number of alkyl halides is 6. The summed E-state index contributed by atoms with van der Waals surface area (Å²) in [6, 6.07) is 1.59. The molecular weight excluding hydrogens is 346 g/mol. The Morgan fingerprint density at radius 2 is 1.38 bits per heavy atom. The molecule has 130 valence electrons. The first kappa shape index (κ1) is 17.6. The first-order valence-electron chi connectivity index (χ1n) is 6.20.